The van der Waals surface area contributed by atoms with Crippen LogP contribution in [0.25, 0.3) is 11.8 Å². The van der Waals surface area contributed by atoms with Gasteiger partial charge in [0.05, 0.1) is 16.2 Å². The molecule has 2 N–H and O–H groups in total. The fraction of sp³-hybridized carbons (Fsp3) is 0. The van der Waals surface area contributed by atoms with E-state index in [0.717, 1.165) is 17.1 Å². The number of nitrogens with one attached hydrogen (secondary N) is 1. The van der Waals surface area contributed by atoms with Crippen molar-refractivity contribution in [3.63, 3.8) is 0 Å². The largest absolute Gasteiger partial charge is 0.478 e. The standard InChI is InChI=1S/C21H15N3O3S/c25-19-18(28-21(23-19)22-15-5-2-1-3-6-15)13-17-7-4-12-24(17)16-10-8-14(9-11-16)20(26)27/h1-13H,(H,26,27)(H,22,23,25). The van der Waals surface area contributed by atoms with Gasteiger partial charge in [0.15, 0.2) is 5.17 Å². The molecule has 1 aromatic heterocycles. The number of nitrogens with zero attached hydrogens (tertiary/aromatic N) is 2. The van der Waals surface area contributed by atoms with Crippen molar-refractivity contribution < 1.29 is 14.7 Å². The number of aromatic nitrogens is 1. The Morgan fingerprint density at radius 3 is 2.50 bits per heavy atom. The molecule has 1 aliphatic heterocycles. The highest BCUT2D eigenvalue weighted by molar-refractivity contribution is 8.18. The van der Waals surface area contributed by atoms with Gasteiger partial charge in [-0.3, -0.25) is 4.79 Å². The van der Waals surface area contributed by atoms with Gasteiger partial charge in [-0.15, -0.1) is 0 Å². The summed E-state index contributed by atoms with van der Waals surface area (Å²) in [5.41, 5.74) is 2.61. The molecule has 3 aromatic rings. The fourth-order valence-corrected chi connectivity index (χ4v) is 3.57. The Morgan fingerprint density at radius 2 is 1.79 bits per heavy atom. The first kappa shape index (κ1) is 17.8. The van der Waals surface area contributed by atoms with Gasteiger partial charge in [-0.05, 0) is 66.4 Å². The third-order valence-corrected chi connectivity index (χ3v) is 5.00. The van der Waals surface area contributed by atoms with E-state index in [1.54, 1.807) is 30.3 Å². The Labute approximate surface area is 165 Å². The molecule has 4 rings (SSSR count). The Balaban J connectivity index is 1.60. The quantitative estimate of drug-likeness (QED) is 0.659. The number of amidine groups is 1. The first-order valence-electron chi connectivity index (χ1n) is 8.46. The Morgan fingerprint density at radius 1 is 1.04 bits per heavy atom. The fourth-order valence-electron chi connectivity index (χ4n) is 2.75. The topological polar surface area (TPSA) is 83.7 Å². The molecule has 0 unspecified atom stereocenters. The minimum Gasteiger partial charge on any atom is -0.478 e. The van der Waals surface area contributed by atoms with E-state index in [1.165, 1.54) is 11.8 Å². The van der Waals surface area contributed by atoms with E-state index in [9.17, 15) is 9.59 Å². The summed E-state index contributed by atoms with van der Waals surface area (Å²) in [5, 5.41) is 12.3. The van der Waals surface area contributed by atoms with E-state index in [-0.39, 0.29) is 11.5 Å². The Bertz CT molecular complexity index is 1100. The number of amides is 1. The third-order valence-electron chi connectivity index (χ3n) is 4.09. The highest BCUT2D eigenvalue weighted by atomic mass is 32.2. The number of rotatable bonds is 4. The van der Waals surface area contributed by atoms with Crippen molar-refractivity contribution in [3.8, 4) is 5.69 Å². The van der Waals surface area contributed by atoms with Crippen LogP contribution in [0.1, 0.15) is 16.1 Å². The van der Waals surface area contributed by atoms with Gasteiger partial charge in [-0.2, -0.15) is 0 Å². The zero-order chi connectivity index (χ0) is 19.5. The van der Waals surface area contributed by atoms with Gasteiger partial charge in [0.1, 0.15) is 0 Å². The van der Waals surface area contributed by atoms with Crippen molar-refractivity contribution in [3.05, 3.63) is 89.1 Å². The number of benzene rings is 2. The number of para-hydroxylation sites is 1. The average molecular weight is 389 g/mol. The number of hydrogen-bond acceptors (Lipinski definition) is 4. The molecule has 0 radical (unpaired) electrons. The summed E-state index contributed by atoms with van der Waals surface area (Å²) < 4.78 is 1.89. The van der Waals surface area contributed by atoms with Crippen LogP contribution in [0.4, 0.5) is 5.69 Å². The zero-order valence-corrected chi connectivity index (χ0v) is 15.4. The second-order valence-corrected chi connectivity index (χ2v) is 7.00. The van der Waals surface area contributed by atoms with E-state index in [0.29, 0.717) is 10.1 Å². The summed E-state index contributed by atoms with van der Waals surface area (Å²) in [6, 6.07) is 19.7. The van der Waals surface area contributed by atoms with Gasteiger partial charge >= 0.3 is 5.97 Å². The maximum atomic E-state index is 12.3. The molecule has 6 nitrogen and oxygen atoms in total. The summed E-state index contributed by atoms with van der Waals surface area (Å²) >= 11 is 1.28. The van der Waals surface area contributed by atoms with Crippen LogP contribution in [0.15, 0.2) is 82.8 Å². The normalized spacial score (nSPS) is 16.5. The van der Waals surface area contributed by atoms with Gasteiger partial charge in [0, 0.05) is 17.6 Å². The van der Waals surface area contributed by atoms with Crippen LogP contribution in [-0.2, 0) is 4.79 Å². The lowest BCUT2D eigenvalue weighted by Gasteiger charge is -2.07. The molecule has 0 saturated carbocycles. The van der Waals surface area contributed by atoms with Gasteiger partial charge < -0.3 is 15.0 Å². The van der Waals surface area contributed by atoms with Crippen molar-refractivity contribution in [1.82, 2.24) is 9.88 Å². The molecule has 7 heteroatoms. The minimum atomic E-state index is -0.967. The van der Waals surface area contributed by atoms with Crippen LogP contribution in [0.5, 0.6) is 0 Å². The highest BCUT2D eigenvalue weighted by Gasteiger charge is 2.24. The number of carboxylic acid groups (broad SMARTS) is 1. The van der Waals surface area contributed by atoms with Gasteiger partial charge in [0.2, 0.25) is 0 Å². The van der Waals surface area contributed by atoms with Crippen LogP contribution < -0.4 is 5.32 Å². The lowest BCUT2D eigenvalue weighted by molar-refractivity contribution is -0.115. The molecule has 0 atom stereocenters. The first-order chi connectivity index (χ1) is 13.6. The smallest absolute Gasteiger partial charge is 0.335 e. The summed E-state index contributed by atoms with van der Waals surface area (Å²) in [7, 11) is 0. The molecule has 0 bridgehead atoms. The maximum Gasteiger partial charge on any atom is 0.335 e. The zero-order valence-electron chi connectivity index (χ0n) is 14.6. The average Bonchev–Trinajstić information content (AvgIpc) is 3.29. The number of carboxylic acids is 1. The molecule has 138 valence electrons. The van der Waals surface area contributed by atoms with Crippen molar-refractivity contribution >= 4 is 40.6 Å². The molecular weight excluding hydrogens is 374 g/mol. The van der Waals surface area contributed by atoms with E-state index < -0.39 is 5.97 Å². The molecule has 0 aliphatic carbocycles. The second-order valence-electron chi connectivity index (χ2n) is 5.97. The lowest BCUT2D eigenvalue weighted by Crippen LogP contribution is -2.19. The number of aliphatic imine (C=N–C) groups is 1. The lowest BCUT2D eigenvalue weighted by atomic mass is 10.2. The second kappa shape index (κ2) is 7.58. The van der Waals surface area contributed by atoms with E-state index in [4.69, 9.17) is 5.11 Å². The van der Waals surface area contributed by atoms with Crippen molar-refractivity contribution in [2.24, 2.45) is 4.99 Å². The summed E-state index contributed by atoms with van der Waals surface area (Å²) in [5.74, 6) is -1.17. The van der Waals surface area contributed by atoms with Crippen LogP contribution >= 0.6 is 11.8 Å². The maximum absolute atomic E-state index is 12.3. The predicted molar refractivity (Wildman–Crippen MR) is 110 cm³/mol. The van der Waals surface area contributed by atoms with Crippen LogP contribution in [0.2, 0.25) is 0 Å². The summed E-state index contributed by atoms with van der Waals surface area (Å²) in [4.78, 5) is 28.3. The van der Waals surface area contributed by atoms with Crippen LogP contribution in [0.3, 0.4) is 0 Å². The number of carbonyl (C=O) groups excluding carboxylic acids is 1. The van der Waals surface area contributed by atoms with E-state index in [2.05, 4.69) is 10.3 Å². The van der Waals surface area contributed by atoms with Crippen molar-refractivity contribution in [2.45, 2.75) is 0 Å². The molecule has 2 heterocycles. The molecule has 1 saturated heterocycles. The minimum absolute atomic E-state index is 0.200. The third kappa shape index (κ3) is 3.74. The van der Waals surface area contributed by atoms with Crippen molar-refractivity contribution in [1.29, 1.82) is 0 Å². The first-order valence-corrected chi connectivity index (χ1v) is 9.27. The summed E-state index contributed by atoms with van der Waals surface area (Å²) in [6.45, 7) is 0. The molecule has 1 amide bonds. The predicted octanol–water partition coefficient (Wildman–Crippen LogP) is 4.07. The van der Waals surface area contributed by atoms with Gasteiger partial charge in [0.25, 0.3) is 5.91 Å². The molecular formula is C21H15N3O3S. The Hall–Kier alpha value is -3.58. The van der Waals surface area contributed by atoms with Gasteiger partial charge in [-0.1, -0.05) is 18.2 Å². The molecule has 1 aliphatic rings. The number of hydrogen-bond donors (Lipinski definition) is 2. The van der Waals surface area contributed by atoms with E-state index in [1.807, 2.05) is 53.2 Å². The molecule has 28 heavy (non-hydrogen) atoms. The number of carbonyl (C=O) groups is 2. The number of thioether (sulfide) groups is 1. The molecule has 2 aromatic carbocycles. The van der Waals surface area contributed by atoms with Crippen LogP contribution in [0, 0.1) is 0 Å². The molecule has 0 spiro atoms. The van der Waals surface area contributed by atoms with Gasteiger partial charge in [-0.25, -0.2) is 9.79 Å². The van der Waals surface area contributed by atoms with E-state index >= 15 is 0 Å². The SMILES string of the molecule is O=C1NC(=Nc2ccccc2)SC1=Cc1cccn1-c1ccc(C(=O)O)cc1. The molecule has 1 fully saturated rings. The Kier molecular flexibility index (Phi) is 4.82. The highest BCUT2D eigenvalue weighted by Crippen LogP contribution is 2.28. The van der Waals surface area contributed by atoms with Crippen LogP contribution in [-0.4, -0.2) is 26.7 Å². The summed E-state index contributed by atoms with van der Waals surface area (Å²) in [6.07, 6.45) is 3.65. The monoisotopic (exact) mass is 389 g/mol. The van der Waals surface area contributed by atoms with Crippen molar-refractivity contribution in [2.75, 3.05) is 0 Å². The number of aromatic carboxylic acids is 1.